The summed E-state index contributed by atoms with van der Waals surface area (Å²) in [6.07, 6.45) is 0.980. The topological polar surface area (TPSA) is 84.2 Å². The molecule has 0 saturated heterocycles. The molecule has 0 aliphatic rings. The Bertz CT molecular complexity index is 206. The van der Waals surface area contributed by atoms with E-state index in [4.69, 9.17) is 5.73 Å². The molecule has 0 fully saturated rings. The van der Waals surface area contributed by atoms with Gasteiger partial charge in [0.2, 0.25) is 11.8 Å². The molecule has 0 aliphatic carbocycles. The number of carbonyl (C=O) groups excluding carboxylic acids is 2. The van der Waals surface area contributed by atoms with Gasteiger partial charge in [0.05, 0.1) is 12.5 Å². The van der Waals surface area contributed by atoms with Crippen molar-refractivity contribution in [3.8, 4) is 0 Å². The number of hydrogen-bond acceptors (Lipinski definition) is 3. The van der Waals surface area contributed by atoms with Gasteiger partial charge in [-0.2, -0.15) is 0 Å². The van der Waals surface area contributed by atoms with Crippen LogP contribution in [-0.4, -0.2) is 30.9 Å². The Morgan fingerprint density at radius 1 is 1.43 bits per heavy atom. The average molecular weight is 201 g/mol. The minimum Gasteiger partial charge on any atom is -0.368 e. The fourth-order valence-electron chi connectivity index (χ4n) is 0.990. The molecule has 0 spiro atoms. The van der Waals surface area contributed by atoms with Crippen LogP contribution in [0.4, 0.5) is 0 Å². The molecule has 0 radical (unpaired) electrons. The molecule has 82 valence electrons. The maximum Gasteiger partial charge on any atom is 0.235 e. The summed E-state index contributed by atoms with van der Waals surface area (Å²) < 4.78 is 0. The molecule has 0 heterocycles. The predicted molar refractivity (Wildman–Crippen MR) is 54.6 cm³/mol. The van der Waals surface area contributed by atoms with Crippen LogP contribution >= 0.6 is 0 Å². The zero-order chi connectivity index (χ0) is 11.1. The summed E-state index contributed by atoms with van der Waals surface area (Å²) in [6.45, 7) is 3.94. The van der Waals surface area contributed by atoms with Crippen molar-refractivity contribution in [3.63, 3.8) is 0 Å². The van der Waals surface area contributed by atoms with Crippen molar-refractivity contribution in [1.29, 1.82) is 0 Å². The first-order valence-electron chi connectivity index (χ1n) is 4.77. The van der Waals surface area contributed by atoms with Gasteiger partial charge in [-0.3, -0.25) is 9.59 Å². The minimum absolute atomic E-state index is 0.0934. The molecule has 14 heavy (non-hydrogen) atoms. The summed E-state index contributed by atoms with van der Waals surface area (Å²) in [4.78, 5) is 22.0. The van der Waals surface area contributed by atoms with E-state index in [1.807, 2.05) is 13.8 Å². The van der Waals surface area contributed by atoms with E-state index < -0.39 is 11.9 Å². The van der Waals surface area contributed by atoms with Gasteiger partial charge in [-0.25, -0.2) is 0 Å². The van der Waals surface area contributed by atoms with Crippen LogP contribution in [0.3, 0.4) is 0 Å². The summed E-state index contributed by atoms with van der Waals surface area (Å²) in [7, 11) is 1.53. The quantitative estimate of drug-likeness (QED) is 0.534. The highest BCUT2D eigenvalue weighted by molar-refractivity contribution is 5.87. The lowest BCUT2D eigenvalue weighted by molar-refractivity contribution is -0.126. The summed E-state index contributed by atoms with van der Waals surface area (Å²) in [5.74, 6) is -0.682. The van der Waals surface area contributed by atoms with E-state index in [1.165, 1.54) is 7.05 Å². The largest absolute Gasteiger partial charge is 0.368 e. The van der Waals surface area contributed by atoms with Gasteiger partial charge in [0.25, 0.3) is 0 Å². The summed E-state index contributed by atoms with van der Waals surface area (Å²) in [5, 5.41) is 5.45. The van der Waals surface area contributed by atoms with Crippen LogP contribution in [0.2, 0.25) is 0 Å². The van der Waals surface area contributed by atoms with Gasteiger partial charge in [-0.15, -0.1) is 0 Å². The smallest absolute Gasteiger partial charge is 0.235 e. The van der Waals surface area contributed by atoms with E-state index in [2.05, 4.69) is 10.6 Å². The van der Waals surface area contributed by atoms with Crippen LogP contribution in [0, 0.1) is 0 Å². The third-order valence-electron chi connectivity index (χ3n) is 2.11. The molecule has 0 aromatic rings. The van der Waals surface area contributed by atoms with Crippen LogP contribution < -0.4 is 16.4 Å². The summed E-state index contributed by atoms with van der Waals surface area (Å²) in [5.41, 5.74) is 5.16. The molecule has 0 bridgehead atoms. The lowest BCUT2D eigenvalue weighted by atomic mass is 10.1. The van der Waals surface area contributed by atoms with Gasteiger partial charge in [0.15, 0.2) is 0 Å². The maximum absolute atomic E-state index is 11.0. The minimum atomic E-state index is -0.579. The van der Waals surface area contributed by atoms with Crippen molar-refractivity contribution < 1.29 is 9.59 Å². The molecular formula is C9H19N3O2. The molecule has 5 heteroatoms. The van der Waals surface area contributed by atoms with E-state index in [9.17, 15) is 9.59 Å². The summed E-state index contributed by atoms with van der Waals surface area (Å²) in [6, 6.07) is -0.401. The van der Waals surface area contributed by atoms with Crippen molar-refractivity contribution >= 4 is 11.8 Å². The molecule has 4 N–H and O–H groups in total. The monoisotopic (exact) mass is 201 g/mol. The Balaban J connectivity index is 4.16. The second-order valence-corrected chi connectivity index (χ2v) is 3.31. The predicted octanol–water partition coefficient (Wildman–Crippen LogP) is -0.635. The first-order chi connectivity index (χ1) is 6.51. The van der Waals surface area contributed by atoms with Crippen LogP contribution in [-0.2, 0) is 9.59 Å². The average Bonchev–Trinajstić information content (AvgIpc) is 2.16. The highest BCUT2D eigenvalue weighted by Gasteiger charge is 2.19. The third-order valence-corrected chi connectivity index (χ3v) is 2.11. The zero-order valence-electron chi connectivity index (χ0n) is 8.96. The van der Waals surface area contributed by atoms with Gasteiger partial charge in [0.1, 0.15) is 0 Å². The van der Waals surface area contributed by atoms with Crippen LogP contribution in [0.25, 0.3) is 0 Å². The van der Waals surface area contributed by atoms with Gasteiger partial charge in [0, 0.05) is 13.1 Å². The van der Waals surface area contributed by atoms with Gasteiger partial charge in [-0.1, -0.05) is 6.92 Å². The SMILES string of the molecule is CCC(C)NC(CC(=O)NC)C(N)=O. The fourth-order valence-corrected chi connectivity index (χ4v) is 0.990. The van der Waals surface area contributed by atoms with E-state index in [-0.39, 0.29) is 18.4 Å². The van der Waals surface area contributed by atoms with E-state index >= 15 is 0 Å². The molecule has 2 atom stereocenters. The van der Waals surface area contributed by atoms with Crippen molar-refractivity contribution in [2.45, 2.75) is 38.8 Å². The molecule has 0 aromatic carbocycles. The highest BCUT2D eigenvalue weighted by atomic mass is 16.2. The number of amides is 2. The molecule has 2 unspecified atom stereocenters. The molecular weight excluding hydrogens is 182 g/mol. The van der Waals surface area contributed by atoms with Crippen LogP contribution in [0.1, 0.15) is 26.7 Å². The maximum atomic E-state index is 11.0. The second-order valence-electron chi connectivity index (χ2n) is 3.31. The van der Waals surface area contributed by atoms with Crippen molar-refractivity contribution in [3.05, 3.63) is 0 Å². The lowest BCUT2D eigenvalue weighted by Gasteiger charge is -2.18. The number of carbonyl (C=O) groups is 2. The number of nitrogens with two attached hydrogens (primary N) is 1. The lowest BCUT2D eigenvalue weighted by Crippen LogP contribution is -2.47. The fraction of sp³-hybridized carbons (Fsp3) is 0.778. The molecule has 0 aromatic heterocycles. The number of rotatable bonds is 6. The van der Waals surface area contributed by atoms with Gasteiger partial charge >= 0.3 is 0 Å². The molecule has 5 nitrogen and oxygen atoms in total. The van der Waals surface area contributed by atoms with Gasteiger partial charge in [-0.05, 0) is 13.3 Å². The van der Waals surface area contributed by atoms with E-state index in [1.54, 1.807) is 0 Å². The molecule has 0 rings (SSSR count). The Morgan fingerprint density at radius 3 is 2.36 bits per heavy atom. The first-order valence-corrected chi connectivity index (χ1v) is 4.77. The highest BCUT2D eigenvalue weighted by Crippen LogP contribution is 1.96. The Kier molecular flexibility index (Phi) is 5.87. The Morgan fingerprint density at radius 2 is 2.00 bits per heavy atom. The molecule has 2 amide bonds. The van der Waals surface area contributed by atoms with Crippen LogP contribution in [0.5, 0.6) is 0 Å². The normalized spacial score (nSPS) is 14.5. The Hall–Kier alpha value is -1.10. The van der Waals surface area contributed by atoms with Gasteiger partial charge < -0.3 is 16.4 Å². The van der Waals surface area contributed by atoms with Crippen molar-refractivity contribution in [2.75, 3.05) is 7.05 Å². The second kappa shape index (κ2) is 6.37. The number of hydrogen-bond donors (Lipinski definition) is 3. The Labute approximate surface area is 84.4 Å². The first kappa shape index (κ1) is 12.9. The van der Waals surface area contributed by atoms with E-state index in [0.717, 1.165) is 6.42 Å². The molecule has 0 saturated carbocycles. The summed E-state index contributed by atoms with van der Waals surface area (Å²) >= 11 is 0. The van der Waals surface area contributed by atoms with Crippen LogP contribution in [0.15, 0.2) is 0 Å². The van der Waals surface area contributed by atoms with Crippen molar-refractivity contribution in [1.82, 2.24) is 10.6 Å². The number of nitrogens with one attached hydrogen (secondary N) is 2. The standard InChI is InChI=1S/C9H19N3O2/c1-4-6(2)12-7(9(10)14)5-8(13)11-3/h6-7,12H,4-5H2,1-3H3,(H2,10,14)(H,11,13). The van der Waals surface area contributed by atoms with E-state index in [0.29, 0.717) is 0 Å². The third kappa shape index (κ3) is 4.81. The van der Waals surface area contributed by atoms with Crippen molar-refractivity contribution in [2.24, 2.45) is 5.73 Å². The number of primary amides is 1. The zero-order valence-corrected chi connectivity index (χ0v) is 8.96. The molecule has 0 aliphatic heterocycles.